The first-order valence-electron chi connectivity index (χ1n) is 14.1. The first-order chi connectivity index (χ1) is 18.5. The fourth-order valence-corrected chi connectivity index (χ4v) is 6.90. The monoisotopic (exact) mass is 509 g/mol. The Morgan fingerprint density at radius 2 is 1.84 bits per heavy atom. The number of aromatic nitrogens is 3. The second kappa shape index (κ2) is 9.12. The van der Waals surface area contributed by atoms with E-state index in [2.05, 4.69) is 69.4 Å². The molecule has 0 unspecified atom stereocenters. The van der Waals surface area contributed by atoms with E-state index in [1.807, 2.05) is 18.3 Å². The first kappa shape index (κ1) is 23.7. The lowest BCUT2D eigenvalue weighted by Gasteiger charge is -2.32. The minimum absolute atomic E-state index is 0.213. The molecule has 5 nitrogen and oxygen atoms in total. The largest absolute Gasteiger partial charge is 0.371 e. The zero-order chi connectivity index (χ0) is 25.9. The molecule has 0 spiro atoms. The van der Waals surface area contributed by atoms with Crippen LogP contribution >= 0.6 is 0 Å². The van der Waals surface area contributed by atoms with E-state index in [1.165, 1.54) is 68.0 Å². The van der Waals surface area contributed by atoms with E-state index in [0.717, 1.165) is 42.3 Å². The molecule has 6 heteroatoms. The average molecular weight is 510 g/mol. The van der Waals surface area contributed by atoms with Gasteiger partial charge in [0, 0.05) is 56.0 Å². The number of nitrogens with zero attached hydrogens (tertiary/aromatic N) is 5. The van der Waals surface area contributed by atoms with Crippen molar-refractivity contribution in [3.63, 3.8) is 0 Å². The third-order valence-electron chi connectivity index (χ3n) is 9.44. The van der Waals surface area contributed by atoms with Crippen LogP contribution in [-0.2, 0) is 6.54 Å². The highest BCUT2D eigenvalue weighted by Crippen LogP contribution is 2.42. The molecule has 3 aliphatic rings. The van der Waals surface area contributed by atoms with Gasteiger partial charge in [-0.2, -0.15) is 0 Å². The molecule has 2 atom stereocenters. The number of imidazole rings is 1. The summed E-state index contributed by atoms with van der Waals surface area (Å²) in [6.45, 7) is 11.6. The Kier molecular flexibility index (Phi) is 5.69. The van der Waals surface area contributed by atoms with Crippen LogP contribution in [0.25, 0.3) is 28.3 Å². The van der Waals surface area contributed by atoms with Crippen LogP contribution in [0.2, 0.25) is 0 Å². The van der Waals surface area contributed by atoms with Gasteiger partial charge in [-0.05, 0) is 91.2 Å². The Balaban J connectivity index is 1.22. The summed E-state index contributed by atoms with van der Waals surface area (Å²) in [6.07, 6.45) is 10.0. The van der Waals surface area contributed by atoms with Crippen LogP contribution in [0.5, 0.6) is 0 Å². The van der Waals surface area contributed by atoms with Gasteiger partial charge in [-0.25, -0.2) is 9.37 Å². The molecule has 0 radical (unpaired) electrons. The molecule has 2 aromatic heterocycles. The van der Waals surface area contributed by atoms with Crippen molar-refractivity contribution in [2.24, 2.45) is 11.3 Å². The quantitative estimate of drug-likeness (QED) is 0.272. The second-order valence-corrected chi connectivity index (χ2v) is 11.8. The van der Waals surface area contributed by atoms with Crippen LogP contribution in [0, 0.1) is 17.2 Å². The van der Waals surface area contributed by atoms with Crippen LogP contribution in [0.15, 0.2) is 67.1 Å². The van der Waals surface area contributed by atoms with Crippen LogP contribution in [-0.4, -0.2) is 51.7 Å². The third kappa shape index (κ3) is 3.97. The maximum absolute atomic E-state index is 13.5. The third-order valence-corrected chi connectivity index (χ3v) is 9.44. The molecule has 0 amide bonds. The molecule has 38 heavy (non-hydrogen) atoms. The molecule has 2 fully saturated rings. The Hall–Kier alpha value is -3.38. The van der Waals surface area contributed by atoms with Crippen molar-refractivity contribution in [3.05, 3.63) is 78.5 Å². The molecule has 0 saturated carbocycles. The van der Waals surface area contributed by atoms with E-state index in [0.29, 0.717) is 11.3 Å². The van der Waals surface area contributed by atoms with Crippen LogP contribution in [0.4, 0.5) is 10.1 Å². The van der Waals surface area contributed by atoms with E-state index in [1.54, 1.807) is 0 Å². The molecule has 4 aromatic rings. The number of hydrogen-bond donors (Lipinski definition) is 0. The van der Waals surface area contributed by atoms with Crippen LogP contribution in [0.1, 0.15) is 38.7 Å². The molecule has 2 saturated heterocycles. The summed E-state index contributed by atoms with van der Waals surface area (Å²) in [5.41, 5.74) is 7.32. The van der Waals surface area contributed by atoms with Crippen molar-refractivity contribution in [3.8, 4) is 28.3 Å². The number of halogens is 1. The zero-order valence-corrected chi connectivity index (χ0v) is 22.4. The summed E-state index contributed by atoms with van der Waals surface area (Å²) in [7, 11) is 0. The molecular formula is C32H36FN5. The molecular weight excluding hydrogens is 473 g/mol. The molecule has 0 bridgehead atoms. The van der Waals surface area contributed by atoms with Crippen molar-refractivity contribution in [2.45, 2.75) is 39.7 Å². The fourth-order valence-electron chi connectivity index (χ4n) is 6.90. The van der Waals surface area contributed by atoms with Gasteiger partial charge in [0.25, 0.3) is 0 Å². The molecule has 7 rings (SSSR count). The van der Waals surface area contributed by atoms with Gasteiger partial charge in [0.05, 0.1) is 11.4 Å². The molecule has 3 aliphatic heterocycles. The van der Waals surface area contributed by atoms with E-state index in [9.17, 15) is 4.39 Å². The lowest BCUT2D eigenvalue weighted by Crippen LogP contribution is -2.35. The Morgan fingerprint density at radius 3 is 2.63 bits per heavy atom. The normalized spacial score (nSPS) is 22.8. The van der Waals surface area contributed by atoms with E-state index in [4.69, 9.17) is 4.98 Å². The average Bonchev–Trinajstić information content (AvgIpc) is 3.72. The summed E-state index contributed by atoms with van der Waals surface area (Å²) < 4.78 is 18.0. The van der Waals surface area contributed by atoms with E-state index >= 15 is 0 Å². The molecule has 196 valence electrons. The van der Waals surface area contributed by atoms with Gasteiger partial charge in [-0.1, -0.05) is 26.0 Å². The van der Waals surface area contributed by atoms with Gasteiger partial charge in [0.1, 0.15) is 5.82 Å². The van der Waals surface area contributed by atoms with Crippen molar-refractivity contribution in [2.75, 3.05) is 37.6 Å². The Bertz CT molecular complexity index is 1460. The van der Waals surface area contributed by atoms with Gasteiger partial charge in [-0.15, -0.1) is 0 Å². The smallest absolute Gasteiger partial charge is 0.161 e. The lowest BCUT2D eigenvalue weighted by atomic mass is 9.77. The summed E-state index contributed by atoms with van der Waals surface area (Å²) in [5.74, 6) is 1.42. The Labute approximate surface area is 224 Å². The van der Waals surface area contributed by atoms with Gasteiger partial charge in [0.2, 0.25) is 0 Å². The minimum Gasteiger partial charge on any atom is -0.371 e. The predicted octanol–water partition coefficient (Wildman–Crippen LogP) is 6.46. The maximum Gasteiger partial charge on any atom is 0.161 e. The first-order valence-corrected chi connectivity index (χ1v) is 14.1. The lowest BCUT2D eigenvalue weighted by molar-refractivity contribution is 0.178. The number of likely N-dealkylation sites (tertiary alicyclic amines) is 1. The second-order valence-electron chi connectivity index (χ2n) is 11.8. The fraction of sp³-hybridized carbons (Fsp3) is 0.406. The van der Waals surface area contributed by atoms with Crippen molar-refractivity contribution < 1.29 is 4.39 Å². The topological polar surface area (TPSA) is 29.2 Å². The number of hydrogen-bond acceptors (Lipinski definition) is 3. The van der Waals surface area contributed by atoms with E-state index in [-0.39, 0.29) is 5.82 Å². The van der Waals surface area contributed by atoms with Gasteiger partial charge in [0.15, 0.2) is 5.82 Å². The summed E-state index contributed by atoms with van der Waals surface area (Å²) in [4.78, 5) is 10.1. The maximum atomic E-state index is 13.5. The summed E-state index contributed by atoms with van der Waals surface area (Å²) in [6, 6.07) is 15.9. The summed E-state index contributed by atoms with van der Waals surface area (Å²) >= 11 is 0. The predicted molar refractivity (Wildman–Crippen MR) is 151 cm³/mol. The highest BCUT2D eigenvalue weighted by atomic mass is 19.1. The van der Waals surface area contributed by atoms with Gasteiger partial charge in [-0.3, -0.25) is 4.57 Å². The van der Waals surface area contributed by atoms with Crippen molar-refractivity contribution >= 4 is 5.69 Å². The molecule has 0 N–H and O–H groups in total. The van der Waals surface area contributed by atoms with Crippen molar-refractivity contribution in [1.82, 2.24) is 19.0 Å². The number of fused-ring (bicyclic) bond motifs is 5. The van der Waals surface area contributed by atoms with Crippen molar-refractivity contribution in [1.29, 1.82) is 0 Å². The van der Waals surface area contributed by atoms with Crippen LogP contribution < -0.4 is 4.90 Å². The Morgan fingerprint density at radius 1 is 1.03 bits per heavy atom. The van der Waals surface area contributed by atoms with Gasteiger partial charge < -0.3 is 14.4 Å². The standard InChI is InChI=1S/C32H36FN5/c1-3-32(2)22-37(21-26(32)20-35-13-4-5-14-35)28-10-11-29-25(16-28)19-36-18-24(23-6-8-27(33)9-7-23)17-30(36)31-34-12-15-38(29)31/h6-12,15-18,26H,3-5,13-14,19-22H2,1-2H3/t26-,32-/m1/s1. The SMILES string of the molecule is CC[C@]1(C)CN(c2ccc3c(c2)Cn2cc(-c4ccc(F)cc4)cc2-c2nccn2-3)C[C@H]1CN1CCCC1. The zero-order valence-electron chi connectivity index (χ0n) is 22.4. The molecule has 2 aromatic carbocycles. The highest BCUT2D eigenvalue weighted by molar-refractivity contribution is 5.72. The number of benzene rings is 2. The minimum atomic E-state index is -0.213. The van der Waals surface area contributed by atoms with Gasteiger partial charge >= 0.3 is 0 Å². The van der Waals surface area contributed by atoms with E-state index < -0.39 is 0 Å². The molecule has 5 heterocycles. The molecule has 0 aliphatic carbocycles. The summed E-state index contributed by atoms with van der Waals surface area (Å²) in [5, 5.41) is 0. The highest BCUT2D eigenvalue weighted by Gasteiger charge is 2.42. The number of rotatable bonds is 5. The van der Waals surface area contributed by atoms with Crippen LogP contribution in [0.3, 0.4) is 0 Å². The number of anilines is 1.